The van der Waals surface area contributed by atoms with Gasteiger partial charge in [-0.05, 0) is 12.8 Å². The Hall–Kier alpha value is -0.480. The van der Waals surface area contributed by atoms with Crippen LogP contribution in [-0.2, 0) is 10.1 Å². The van der Waals surface area contributed by atoms with Crippen LogP contribution < -0.4 is 6.15 Å². The first kappa shape index (κ1) is 19.9. The molecule has 0 rings (SSSR count). The number of hydrogen-bond acceptors (Lipinski definition) is 3. The smallest absolute Gasteiger partial charge is 0.267 e. The molecule has 112 valence electrons. The first-order valence-corrected chi connectivity index (χ1v) is 6.37. The maximum Gasteiger partial charge on any atom is 0.267 e. The van der Waals surface area contributed by atoms with E-state index in [1.54, 1.807) is 0 Å². The fourth-order valence-corrected chi connectivity index (χ4v) is 1.71. The Morgan fingerprint density at radius 1 is 1.00 bits per heavy atom. The van der Waals surface area contributed by atoms with Gasteiger partial charge in [-0.25, -0.2) is 17.6 Å². The molecule has 4 atom stereocenters. The maximum absolute atomic E-state index is 13.0. The molecular weight excluding hydrogens is 285 g/mol. The van der Waals surface area contributed by atoms with Crippen LogP contribution in [0.1, 0.15) is 12.8 Å². The van der Waals surface area contributed by atoms with E-state index in [2.05, 4.69) is 0 Å². The van der Waals surface area contributed by atoms with Gasteiger partial charge >= 0.3 is 0 Å². The van der Waals surface area contributed by atoms with Gasteiger partial charge in [-0.3, -0.25) is 8.94 Å². The third kappa shape index (κ3) is 7.77. The van der Waals surface area contributed by atoms with E-state index >= 15 is 0 Å². The number of halogens is 5. The van der Waals surface area contributed by atoms with Gasteiger partial charge in [0, 0.05) is 0 Å². The van der Waals surface area contributed by atoms with Gasteiger partial charge in [-0.1, -0.05) is 0 Å². The summed E-state index contributed by atoms with van der Waals surface area (Å²) in [5, 5.41) is 0. The van der Waals surface area contributed by atoms with Crippen LogP contribution in [-0.4, -0.2) is 50.1 Å². The van der Waals surface area contributed by atoms with Crippen molar-refractivity contribution in [3.8, 4) is 0 Å². The molecule has 0 aromatic carbocycles. The van der Waals surface area contributed by atoms with E-state index in [4.69, 9.17) is 4.55 Å². The zero-order valence-corrected chi connectivity index (χ0v) is 10.2. The maximum atomic E-state index is 13.0. The highest BCUT2D eigenvalue weighted by Crippen LogP contribution is 2.21. The Bertz CT molecular complexity index is 316. The summed E-state index contributed by atoms with van der Waals surface area (Å²) >= 11 is 0. The molecule has 0 radical (unpaired) electrons. The highest BCUT2D eigenvalue weighted by atomic mass is 32.2. The summed E-state index contributed by atoms with van der Waals surface area (Å²) in [4.78, 5) is 0. The van der Waals surface area contributed by atoms with Gasteiger partial charge < -0.3 is 6.15 Å². The molecule has 4 N–H and O–H groups in total. The van der Waals surface area contributed by atoms with Crippen molar-refractivity contribution in [2.45, 2.75) is 37.5 Å². The van der Waals surface area contributed by atoms with Crippen molar-refractivity contribution in [1.82, 2.24) is 6.15 Å². The SMILES string of the molecule is N.O=S(=O)(O)CC(F)C(F)C(F)C(F)CCCF. The van der Waals surface area contributed by atoms with Crippen LogP contribution in [0.2, 0.25) is 0 Å². The van der Waals surface area contributed by atoms with Gasteiger partial charge in [-0.2, -0.15) is 8.42 Å². The molecule has 18 heavy (non-hydrogen) atoms. The average Bonchev–Trinajstić information content (AvgIpc) is 2.21. The van der Waals surface area contributed by atoms with E-state index in [1.807, 2.05) is 0 Å². The molecule has 0 aliphatic heterocycles. The summed E-state index contributed by atoms with van der Waals surface area (Å²) in [6.07, 6.45) is -12.2. The molecule has 0 heterocycles. The summed E-state index contributed by atoms with van der Waals surface area (Å²) in [6.45, 7) is -0.922. The molecular formula is C8H16F5NO3S. The van der Waals surface area contributed by atoms with Crippen LogP contribution in [0.3, 0.4) is 0 Å². The molecule has 4 unspecified atom stereocenters. The summed E-state index contributed by atoms with van der Waals surface area (Å²) in [5.41, 5.74) is 0. The van der Waals surface area contributed by atoms with Crippen LogP contribution in [0.25, 0.3) is 0 Å². The molecule has 0 spiro atoms. The van der Waals surface area contributed by atoms with Gasteiger partial charge in [0.05, 0.1) is 6.67 Å². The summed E-state index contributed by atoms with van der Waals surface area (Å²) < 4.78 is 91.8. The lowest BCUT2D eigenvalue weighted by molar-refractivity contribution is 0.0350. The third-order valence-corrected chi connectivity index (χ3v) is 2.72. The minimum atomic E-state index is -4.81. The number of hydrogen-bond donors (Lipinski definition) is 2. The fraction of sp³-hybridized carbons (Fsp3) is 1.00. The Balaban J connectivity index is 0. The molecule has 4 nitrogen and oxygen atoms in total. The lowest BCUT2D eigenvalue weighted by Gasteiger charge is -2.19. The van der Waals surface area contributed by atoms with E-state index in [-0.39, 0.29) is 12.6 Å². The van der Waals surface area contributed by atoms with Crippen molar-refractivity contribution < 1.29 is 34.9 Å². The first-order chi connectivity index (χ1) is 7.69. The molecule has 10 heteroatoms. The molecule has 0 aromatic heterocycles. The van der Waals surface area contributed by atoms with Crippen LogP contribution >= 0.6 is 0 Å². The summed E-state index contributed by atoms with van der Waals surface area (Å²) in [6, 6.07) is 0. The van der Waals surface area contributed by atoms with Crippen molar-refractivity contribution in [1.29, 1.82) is 0 Å². The molecule has 0 saturated heterocycles. The van der Waals surface area contributed by atoms with Crippen LogP contribution in [0, 0.1) is 0 Å². The Morgan fingerprint density at radius 3 is 1.83 bits per heavy atom. The summed E-state index contributed by atoms with van der Waals surface area (Å²) in [5.74, 6) is -1.65. The average molecular weight is 301 g/mol. The second-order valence-corrected chi connectivity index (χ2v) is 5.00. The predicted molar refractivity (Wildman–Crippen MR) is 56.2 cm³/mol. The molecule has 0 aromatic rings. The van der Waals surface area contributed by atoms with E-state index in [9.17, 15) is 30.4 Å². The standard InChI is InChI=1S/C8H13F5O3S.H3N/c9-3-1-2-5(10)7(12)8(13)6(11)4-17(14,15)16;/h5-8H,1-4H2,(H,14,15,16);1H3. The minimum absolute atomic E-state index is 0. The normalized spacial score (nSPS) is 18.6. The van der Waals surface area contributed by atoms with Gasteiger partial charge in [0.1, 0.15) is 11.9 Å². The Labute approximate surface area is 102 Å². The second kappa shape index (κ2) is 8.59. The third-order valence-electron chi connectivity index (χ3n) is 1.98. The minimum Gasteiger partial charge on any atom is -0.344 e. The van der Waals surface area contributed by atoms with Crippen molar-refractivity contribution >= 4 is 10.1 Å². The Kier molecular flexibility index (Phi) is 9.48. The molecule has 0 amide bonds. The van der Waals surface area contributed by atoms with Crippen molar-refractivity contribution in [2.24, 2.45) is 0 Å². The largest absolute Gasteiger partial charge is 0.344 e. The van der Waals surface area contributed by atoms with Crippen LogP contribution in [0.15, 0.2) is 0 Å². The number of rotatable bonds is 8. The molecule has 0 aliphatic rings. The molecule has 0 saturated carbocycles. The van der Waals surface area contributed by atoms with Crippen LogP contribution in [0.5, 0.6) is 0 Å². The van der Waals surface area contributed by atoms with Gasteiger partial charge in [0.2, 0.25) is 0 Å². The monoisotopic (exact) mass is 301 g/mol. The van der Waals surface area contributed by atoms with E-state index in [0.29, 0.717) is 0 Å². The predicted octanol–water partition coefficient (Wildman–Crippen LogP) is 2.14. The lowest BCUT2D eigenvalue weighted by atomic mass is 10.0. The molecule has 0 fully saturated rings. The van der Waals surface area contributed by atoms with Gasteiger partial charge in [0.25, 0.3) is 10.1 Å². The van der Waals surface area contributed by atoms with Crippen molar-refractivity contribution in [3.05, 3.63) is 0 Å². The quantitative estimate of drug-likeness (QED) is 0.531. The zero-order chi connectivity index (χ0) is 13.6. The van der Waals surface area contributed by atoms with Gasteiger partial charge in [-0.15, -0.1) is 0 Å². The van der Waals surface area contributed by atoms with E-state index in [1.165, 1.54) is 0 Å². The van der Waals surface area contributed by atoms with E-state index in [0.717, 1.165) is 0 Å². The van der Waals surface area contributed by atoms with E-state index < -0.39 is 53.7 Å². The van der Waals surface area contributed by atoms with Crippen LogP contribution in [0.4, 0.5) is 22.0 Å². The van der Waals surface area contributed by atoms with Crippen molar-refractivity contribution in [3.63, 3.8) is 0 Å². The van der Waals surface area contributed by atoms with Gasteiger partial charge in [0.15, 0.2) is 18.5 Å². The highest BCUT2D eigenvalue weighted by Gasteiger charge is 2.37. The topological polar surface area (TPSA) is 89.4 Å². The Morgan fingerprint density at radius 2 is 1.44 bits per heavy atom. The molecule has 0 bridgehead atoms. The highest BCUT2D eigenvalue weighted by molar-refractivity contribution is 7.85. The van der Waals surface area contributed by atoms with Crippen molar-refractivity contribution in [2.75, 3.05) is 12.4 Å². The zero-order valence-electron chi connectivity index (χ0n) is 9.41. The second-order valence-electron chi connectivity index (χ2n) is 3.50. The molecule has 0 aliphatic carbocycles. The summed E-state index contributed by atoms with van der Waals surface area (Å²) in [7, 11) is -4.81. The number of alkyl halides is 5. The fourth-order valence-electron chi connectivity index (χ4n) is 1.12. The first-order valence-electron chi connectivity index (χ1n) is 4.76. The lowest BCUT2D eigenvalue weighted by Crippen LogP contribution is -2.38.